The molecule has 0 saturated heterocycles. The molecule has 0 fully saturated rings. The molecule has 24 heavy (non-hydrogen) atoms. The minimum atomic E-state index is -0.246. The van der Waals surface area contributed by atoms with E-state index in [1.807, 2.05) is 68.6 Å². The van der Waals surface area contributed by atoms with Gasteiger partial charge in [0.25, 0.3) is 5.56 Å². The van der Waals surface area contributed by atoms with Crippen molar-refractivity contribution in [2.45, 2.75) is 24.8 Å². The molecule has 0 bridgehead atoms. The Morgan fingerprint density at radius 3 is 2.42 bits per heavy atom. The van der Waals surface area contributed by atoms with Gasteiger partial charge >= 0.3 is 0 Å². The van der Waals surface area contributed by atoms with Crippen LogP contribution in [0, 0.1) is 0 Å². The molecule has 124 valence electrons. The first kappa shape index (κ1) is 16.8. The number of para-hydroxylation sites is 2. The zero-order chi connectivity index (χ0) is 17.1. The molecular formula is C20H21NO2S. The van der Waals surface area contributed by atoms with E-state index in [1.165, 1.54) is 0 Å². The summed E-state index contributed by atoms with van der Waals surface area (Å²) in [5.41, 5.74) is 2.51. The molecule has 0 aliphatic heterocycles. The molecule has 0 aliphatic carbocycles. The lowest BCUT2D eigenvalue weighted by Crippen LogP contribution is -2.26. The van der Waals surface area contributed by atoms with Gasteiger partial charge in [0.1, 0.15) is 0 Å². The second-order valence-electron chi connectivity index (χ2n) is 5.54. The second kappa shape index (κ2) is 7.24. The van der Waals surface area contributed by atoms with Gasteiger partial charge in [0.15, 0.2) is 0 Å². The van der Waals surface area contributed by atoms with Crippen molar-refractivity contribution in [1.82, 2.24) is 4.57 Å². The average molecular weight is 339 g/mol. The standard InChI is InChI=1S/C20H21NO2S/c1-4-23-14(2)18-19(24-3)16-12-8-9-13-17(16)21(20(18)22)15-10-6-5-7-11-15/h5-14H,4H2,1-3H3. The maximum absolute atomic E-state index is 13.3. The number of fused-ring (bicyclic) bond motifs is 1. The zero-order valence-corrected chi connectivity index (χ0v) is 15.0. The quantitative estimate of drug-likeness (QED) is 0.625. The van der Waals surface area contributed by atoms with Crippen molar-refractivity contribution < 1.29 is 4.74 Å². The van der Waals surface area contributed by atoms with E-state index in [0.29, 0.717) is 6.61 Å². The summed E-state index contributed by atoms with van der Waals surface area (Å²) in [5, 5.41) is 1.08. The Morgan fingerprint density at radius 1 is 1.08 bits per heavy atom. The van der Waals surface area contributed by atoms with Gasteiger partial charge in [-0.15, -0.1) is 11.8 Å². The van der Waals surface area contributed by atoms with Crippen LogP contribution in [0.15, 0.2) is 64.3 Å². The van der Waals surface area contributed by atoms with Gasteiger partial charge in [-0.3, -0.25) is 9.36 Å². The first-order valence-corrected chi connectivity index (χ1v) is 9.30. The number of thioether (sulfide) groups is 1. The van der Waals surface area contributed by atoms with Crippen LogP contribution in [0.3, 0.4) is 0 Å². The van der Waals surface area contributed by atoms with Gasteiger partial charge in [-0.2, -0.15) is 0 Å². The van der Waals surface area contributed by atoms with Crippen molar-refractivity contribution in [3.63, 3.8) is 0 Å². The molecule has 0 spiro atoms. The Labute approximate surface area is 146 Å². The predicted molar refractivity (Wildman–Crippen MR) is 101 cm³/mol. The van der Waals surface area contributed by atoms with Crippen LogP contribution in [-0.4, -0.2) is 17.4 Å². The number of aromatic nitrogens is 1. The molecule has 0 radical (unpaired) electrons. The number of hydrogen-bond donors (Lipinski definition) is 0. The fourth-order valence-electron chi connectivity index (χ4n) is 3.08. The molecule has 1 unspecified atom stereocenters. The minimum Gasteiger partial charge on any atom is -0.374 e. The number of nitrogens with zero attached hydrogens (tertiary/aromatic N) is 1. The number of pyridine rings is 1. The second-order valence-corrected chi connectivity index (χ2v) is 6.35. The fourth-order valence-corrected chi connectivity index (χ4v) is 3.94. The van der Waals surface area contributed by atoms with Gasteiger partial charge in [-0.25, -0.2) is 0 Å². The van der Waals surface area contributed by atoms with Gasteiger partial charge in [0.2, 0.25) is 0 Å². The summed E-state index contributed by atoms with van der Waals surface area (Å²) < 4.78 is 7.56. The van der Waals surface area contributed by atoms with E-state index < -0.39 is 0 Å². The highest BCUT2D eigenvalue weighted by Gasteiger charge is 2.21. The molecule has 0 amide bonds. The summed E-state index contributed by atoms with van der Waals surface area (Å²) in [6, 6.07) is 17.8. The number of rotatable bonds is 5. The largest absolute Gasteiger partial charge is 0.374 e. The SMILES string of the molecule is CCOC(C)c1c(SC)c2ccccc2n(-c2ccccc2)c1=O. The summed E-state index contributed by atoms with van der Waals surface area (Å²) in [7, 11) is 0. The van der Waals surface area contributed by atoms with Crippen molar-refractivity contribution in [3.8, 4) is 5.69 Å². The molecule has 3 nitrogen and oxygen atoms in total. The smallest absolute Gasteiger partial charge is 0.262 e. The molecule has 3 rings (SSSR count). The van der Waals surface area contributed by atoms with Crippen LogP contribution in [0.1, 0.15) is 25.5 Å². The number of benzene rings is 2. The lowest BCUT2D eigenvalue weighted by Gasteiger charge is -2.20. The Bertz CT molecular complexity index is 903. The summed E-state index contributed by atoms with van der Waals surface area (Å²) in [4.78, 5) is 14.4. The van der Waals surface area contributed by atoms with Crippen molar-refractivity contribution >= 4 is 22.7 Å². The molecule has 0 N–H and O–H groups in total. The highest BCUT2D eigenvalue weighted by Crippen LogP contribution is 2.33. The van der Waals surface area contributed by atoms with E-state index in [1.54, 1.807) is 16.3 Å². The van der Waals surface area contributed by atoms with Crippen LogP contribution in [0.2, 0.25) is 0 Å². The minimum absolute atomic E-state index is 0.00907. The summed E-state index contributed by atoms with van der Waals surface area (Å²) in [6.45, 7) is 4.47. The average Bonchev–Trinajstić information content (AvgIpc) is 2.61. The van der Waals surface area contributed by atoms with Gasteiger partial charge in [-0.05, 0) is 38.3 Å². The fraction of sp³-hybridized carbons (Fsp3) is 0.250. The van der Waals surface area contributed by atoms with Gasteiger partial charge in [0.05, 0.1) is 17.2 Å². The van der Waals surface area contributed by atoms with Gasteiger partial charge in [0, 0.05) is 22.6 Å². The molecule has 0 aliphatic rings. The topological polar surface area (TPSA) is 31.2 Å². The van der Waals surface area contributed by atoms with E-state index in [-0.39, 0.29) is 11.7 Å². The third-order valence-corrected chi connectivity index (χ3v) is 4.96. The molecule has 0 saturated carbocycles. The summed E-state index contributed by atoms with van der Waals surface area (Å²) in [5.74, 6) is 0. The summed E-state index contributed by atoms with van der Waals surface area (Å²) >= 11 is 1.60. The van der Waals surface area contributed by atoms with Crippen molar-refractivity contribution in [3.05, 3.63) is 70.5 Å². The highest BCUT2D eigenvalue weighted by atomic mass is 32.2. The van der Waals surface area contributed by atoms with Crippen LogP contribution >= 0.6 is 11.8 Å². The third-order valence-electron chi connectivity index (χ3n) is 4.11. The zero-order valence-electron chi connectivity index (χ0n) is 14.2. The Balaban J connectivity index is 2.43. The van der Waals surface area contributed by atoms with Crippen molar-refractivity contribution in [2.24, 2.45) is 0 Å². The van der Waals surface area contributed by atoms with Crippen LogP contribution in [0.4, 0.5) is 0 Å². The highest BCUT2D eigenvalue weighted by molar-refractivity contribution is 7.98. The molecule has 1 atom stereocenters. The Hall–Kier alpha value is -2.04. The van der Waals surface area contributed by atoms with Gasteiger partial charge < -0.3 is 4.74 Å². The monoisotopic (exact) mass is 339 g/mol. The molecular weight excluding hydrogens is 318 g/mol. The van der Waals surface area contributed by atoms with Crippen LogP contribution in [0.25, 0.3) is 16.6 Å². The van der Waals surface area contributed by atoms with E-state index in [0.717, 1.165) is 27.0 Å². The van der Waals surface area contributed by atoms with Gasteiger partial charge in [-0.1, -0.05) is 36.4 Å². The maximum atomic E-state index is 13.3. The van der Waals surface area contributed by atoms with Crippen LogP contribution < -0.4 is 5.56 Å². The molecule has 2 aromatic carbocycles. The van der Waals surface area contributed by atoms with E-state index >= 15 is 0 Å². The van der Waals surface area contributed by atoms with E-state index in [9.17, 15) is 4.79 Å². The van der Waals surface area contributed by atoms with Crippen LogP contribution in [-0.2, 0) is 4.74 Å². The summed E-state index contributed by atoms with van der Waals surface area (Å²) in [6.07, 6.45) is 1.76. The predicted octanol–water partition coefficient (Wildman–Crippen LogP) is 4.81. The Morgan fingerprint density at radius 2 is 1.75 bits per heavy atom. The first-order valence-electron chi connectivity index (χ1n) is 8.07. The normalized spacial score (nSPS) is 12.5. The van der Waals surface area contributed by atoms with E-state index in [2.05, 4.69) is 6.07 Å². The number of hydrogen-bond acceptors (Lipinski definition) is 3. The van der Waals surface area contributed by atoms with Crippen LogP contribution in [0.5, 0.6) is 0 Å². The van der Waals surface area contributed by atoms with Crippen molar-refractivity contribution in [1.29, 1.82) is 0 Å². The van der Waals surface area contributed by atoms with E-state index in [4.69, 9.17) is 4.74 Å². The maximum Gasteiger partial charge on any atom is 0.262 e. The lowest BCUT2D eigenvalue weighted by molar-refractivity contribution is 0.0736. The Kier molecular flexibility index (Phi) is 5.07. The third kappa shape index (κ3) is 2.87. The number of ether oxygens (including phenoxy) is 1. The lowest BCUT2D eigenvalue weighted by atomic mass is 10.1. The molecule has 3 aromatic rings. The molecule has 1 aromatic heterocycles. The van der Waals surface area contributed by atoms with Crippen molar-refractivity contribution in [2.75, 3.05) is 12.9 Å². The molecule has 4 heteroatoms. The molecule has 1 heterocycles. The first-order chi connectivity index (χ1) is 11.7.